The van der Waals surface area contributed by atoms with E-state index >= 15 is 0 Å². The Morgan fingerprint density at radius 3 is 1.81 bits per heavy atom. The zero-order chi connectivity index (χ0) is 21.6. The Hall–Kier alpha value is -2.32. The standard InChI is InChI=1S/C18H33N3O6/c1-10(2)12(14(23)26-9)20-15(24)18(7,8)21-13(22)11(3)19-16(25)27-17(4,5)6/h10-12H,1-9H3,(H,19,25)(H,20,24)(H,21,22)/t11-,12-/m0/s1. The molecule has 0 aliphatic carbocycles. The molecular formula is C18H33N3O6. The third-order valence-corrected chi connectivity index (χ3v) is 3.54. The second-order valence-electron chi connectivity index (χ2n) is 8.20. The maximum atomic E-state index is 12.5. The minimum atomic E-state index is -1.32. The van der Waals surface area contributed by atoms with Gasteiger partial charge in [-0.1, -0.05) is 13.8 Å². The van der Waals surface area contributed by atoms with Gasteiger partial charge in [0.05, 0.1) is 7.11 Å². The van der Waals surface area contributed by atoms with Crippen LogP contribution in [0.15, 0.2) is 0 Å². The van der Waals surface area contributed by atoms with E-state index in [-0.39, 0.29) is 5.92 Å². The van der Waals surface area contributed by atoms with Crippen molar-refractivity contribution in [1.82, 2.24) is 16.0 Å². The Balaban J connectivity index is 4.92. The summed E-state index contributed by atoms with van der Waals surface area (Å²) in [5, 5.41) is 7.54. The molecule has 0 saturated heterocycles. The first-order valence-electron chi connectivity index (χ1n) is 8.81. The molecule has 0 radical (unpaired) electrons. The van der Waals surface area contributed by atoms with Crippen LogP contribution in [0.25, 0.3) is 0 Å². The number of hydrogen-bond donors (Lipinski definition) is 3. The highest BCUT2D eigenvalue weighted by Crippen LogP contribution is 2.10. The van der Waals surface area contributed by atoms with E-state index < -0.39 is 47.1 Å². The molecule has 0 heterocycles. The van der Waals surface area contributed by atoms with Crippen LogP contribution in [0.1, 0.15) is 55.4 Å². The summed E-state index contributed by atoms with van der Waals surface area (Å²) < 4.78 is 9.78. The third kappa shape index (κ3) is 8.74. The minimum absolute atomic E-state index is 0.194. The van der Waals surface area contributed by atoms with Crippen LogP contribution in [0, 0.1) is 5.92 Å². The van der Waals surface area contributed by atoms with Crippen molar-refractivity contribution in [2.75, 3.05) is 7.11 Å². The number of ether oxygens (including phenoxy) is 2. The van der Waals surface area contributed by atoms with Gasteiger partial charge in [-0.2, -0.15) is 0 Å². The fourth-order valence-electron chi connectivity index (χ4n) is 1.97. The molecule has 0 bridgehead atoms. The predicted octanol–water partition coefficient (Wildman–Crippen LogP) is 1.11. The van der Waals surface area contributed by atoms with Crippen LogP contribution in [-0.2, 0) is 23.9 Å². The molecule has 9 nitrogen and oxygen atoms in total. The molecule has 9 heteroatoms. The van der Waals surface area contributed by atoms with Crippen LogP contribution in [0.2, 0.25) is 0 Å². The summed E-state index contributed by atoms with van der Waals surface area (Å²) in [7, 11) is 1.24. The first-order valence-corrected chi connectivity index (χ1v) is 8.81. The third-order valence-electron chi connectivity index (χ3n) is 3.54. The molecule has 3 amide bonds. The lowest BCUT2D eigenvalue weighted by Gasteiger charge is -2.30. The number of rotatable bonds is 7. The van der Waals surface area contributed by atoms with Gasteiger partial charge in [-0.25, -0.2) is 9.59 Å². The largest absolute Gasteiger partial charge is 0.467 e. The van der Waals surface area contributed by atoms with Gasteiger partial charge in [0.25, 0.3) is 0 Å². The average Bonchev–Trinajstić information content (AvgIpc) is 2.48. The number of nitrogens with one attached hydrogen (secondary N) is 3. The Morgan fingerprint density at radius 1 is 0.889 bits per heavy atom. The summed E-state index contributed by atoms with van der Waals surface area (Å²) in [5.74, 6) is -1.88. The summed E-state index contributed by atoms with van der Waals surface area (Å²) in [6, 6.07) is -1.76. The maximum Gasteiger partial charge on any atom is 0.408 e. The first kappa shape index (κ1) is 24.7. The fraction of sp³-hybridized carbons (Fsp3) is 0.778. The van der Waals surface area contributed by atoms with E-state index in [0.717, 1.165) is 0 Å². The average molecular weight is 387 g/mol. The Kier molecular flexibility index (Phi) is 8.75. The smallest absolute Gasteiger partial charge is 0.408 e. The van der Waals surface area contributed by atoms with Crippen molar-refractivity contribution in [2.24, 2.45) is 5.92 Å². The molecule has 0 aromatic carbocycles. The van der Waals surface area contributed by atoms with Gasteiger partial charge in [0.2, 0.25) is 11.8 Å². The summed E-state index contributed by atoms with van der Waals surface area (Å²) in [5.41, 5.74) is -2.01. The van der Waals surface area contributed by atoms with Gasteiger partial charge in [0, 0.05) is 0 Å². The van der Waals surface area contributed by atoms with Gasteiger partial charge >= 0.3 is 12.1 Å². The lowest BCUT2D eigenvalue weighted by molar-refractivity contribution is -0.147. The molecule has 0 aromatic heterocycles. The highest BCUT2D eigenvalue weighted by atomic mass is 16.6. The number of alkyl carbamates (subject to hydrolysis) is 1. The molecule has 0 saturated carbocycles. The topological polar surface area (TPSA) is 123 Å². The van der Waals surface area contributed by atoms with Crippen molar-refractivity contribution in [3.63, 3.8) is 0 Å². The van der Waals surface area contributed by atoms with Crippen molar-refractivity contribution in [2.45, 2.75) is 78.6 Å². The molecule has 0 aliphatic rings. The lowest BCUT2D eigenvalue weighted by Crippen LogP contribution is -2.61. The predicted molar refractivity (Wildman–Crippen MR) is 99.8 cm³/mol. The molecule has 0 aliphatic heterocycles. The number of amides is 3. The van der Waals surface area contributed by atoms with Crippen LogP contribution < -0.4 is 16.0 Å². The monoisotopic (exact) mass is 387 g/mol. The first-order chi connectivity index (χ1) is 12.1. The molecular weight excluding hydrogens is 354 g/mol. The Labute approximate surface area is 160 Å². The quantitative estimate of drug-likeness (QED) is 0.562. The van der Waals surface area contributed by atoms with E-state index in [2.05, 4.69) is 20.7 Å². The number of methoxy groups -OCH3 is 1. The summed E-state index contributed by atoms with van der Waals surface area (Å²) in [6.45, 7) is 13.1. The summed E-state index contributed by atoms with van der Waals surface area (Å²) >= 11 is 0. The van der Waals surface area contributed by atoms with Gasteiger partial charge in [0.1, 0.15) is 23.2 Å². The fourth-order valence-corrected chi connectivity index (χ4v) is 1.97. The highest BCUT2D eigenvalue weighted by molar-refractivity contribution is 5.95. The zero-order valence-electron chi connectivity index (χ0n) is 17.7. The van der Waals surface area contributed by atoms with E-state index in [0.29, 0.717) is 0 Å². The molecule has 0 rings (SSSR count). The van der Waals surface area contributed by atoms with Gasteiger partial charge < -0.3 is 25.4 Å². The second-order valence-corrected chi connectivity index (χ2v) is 8.20. The van der Waals surface area contributed by atoms with E-state index in [9.17, 15) is 19.2 Å². The lowest BCUT2D eigenvalue weighted by atomic mass is 9.99. The molecule has 0 fully saturated rings. The van der Waals surface area contributed by atoms with Crippen LogP contribution in [0.3, 0.4) is 0 Å². The highest BCUT2D eigenvalue weighted by Gasteiger charge is 2.35. The van der Waals surface area contributed by atoms with E-state index in [1.807, 2.05) is 0 Å². The number of hydrogen-bond acceptors (Lipinski definition) is 6. The molecule has 0 spiro atoms. The van der Waals surface area contributed by atoms with E-state index in [4.69, 9.17) is 4.74 Å². The summed E-state index contributed by atoms with van der Waals surface area (Å²) in [4.78, 5) is 48.4. The van der Waals surface area contributed by atoms with Crippen molar-refractivity contribution in [1.29, 1.82) is 0 Å². The molecule has 27 heavy (non-hydrogen) atoms. The van der Waals surface area contributed by atoms with E-state index in [1.165, 1.54) is 27.9 Å². The Bertz CT molecular complexity index is 566. The normalized spacial score (nSPS) is 14.0. The number of esters is 1. The number of carbonyl (C=O) groups is 4. The van der Waals surface area contributed by atoms with Crippen molar-refractivity contribution < 1.29 is 28.7 Å². The molecule has 3 N–H and O–H groups in total. The van der Waals surface area contributed by atoms with Crippen molar-refractivity contribution >= 4 is 23.9 Å². The van der Waals surface area contributed by atoms with Crippen LogP contribution in [0.4, 0.5) is 4.79 Å². The SMILES string of the molecule is COC(=O)[C@@H](NC(=O)C(C)(C)NC(=O)[C@H](C)NC(=O)OC(C)(C)C)C(C)C. The molecule has 156 valence electrons. The van der Waals surface area contributed by atoms with Crippen LogP contribution in [0.5, 0.6) is 0 Å². The molecule has 2 atom stereocenters. The van der Waals surface area contributed by atoms with Gasteiger partial charge in [0.15, 0.2) is 0 Å². The maximum absolute atomic E-state index is 12.5. The van der Waals surface area contributed by atoms with Crippen LogP contribution >= 0.6 is 0 Å². The minimum Gasteiger partial charge on any atom is -0.467 e. The van der Waals surface area contributed by atoms with Gasteiger partial charge in [-0.15, -0.1) is 0 Å². The van der Waals surface area contributed by atoms with E-state index in [1.54, 1.807) is 34.6 Å². The molecule has 0 unspecified atom stereocenters. The van der Waals surface area contributed by atoms with Crippen molar-refractivity contribution in [3.05, 3.63) is 0 Å². The molecule has 0 aromatic rings. The van der Waals surface area contributed by atoms with Gasteiger partial charge in [-0.3, -0.25) is 9.59 Å². The Morgan fingerprint density at radius 2 is 1.41 bits per heavy atom. The summed E-state index contributed by atoms with van der Waals surface area (Å²) in [6.07, 6.45) is -0.738. The number of carbonyl (C=O) groups excluding carboxylic acids is 4. The van der Waals surface area contributed by atoms with Crippen molar-refractivity contribution in [3.8, 4) is 0 Å². The van der Waals surface area contributed by atoms with Crippen LogP contribution in [-0.4, -0.2) is 54.2 Å². The zero-order valence-corrected chi connectivity index (χ0v) is 17.7. The van der Waals surface area contributed by atoms with Gasteiger partial charge in [-0.05, 0) is 47.5 Å². The second kappa shape index (κ2) is 9.57.